The first-order chi connectivity index (χ1) is 19.8. The average Bonchev–Trinajstić information content (AvgIpc) is 2.97. The van der Waals surface area contributed by atoms with E-state index in [2.05, 4.69) is 32.3 Å². The van der Waals surface area contributed by atoms with Crippen LogP contribution in [0, 0.1) is 0 Å². The number of aromatic hydroxyl groups is 2. The summed E-state index contributed by atoms with van der Waals surface area (Å²) in [4.78, 5) is 48.3. The van der Waals surface area contributed by atoms with E-state index < -0.39 is 23.9 Å². The lowest BCUT2D eigenvalue weighted by atomic mass is 10.0. The van der Waals surface area contributed by atoms with E-state index in [4.69, 9.17) is 0 Å². The SMILES string of the molecule is O=C(NNC(=O)c1ccccc1O)Nc1ccc(Cc2ccc(NC(=O)NNC(=O)c3ccccc3O)cc2)cc1. The van der Waals surface area contributed by atoms with E-state index in [9.17, 15) is 29.4 Å². The molecule has 12 heteroatoms. The lowest BCUT2D eigenvalue weighted by Crippen LogP contribution is -2.43. The first-order valence-corrected chi connectivity index (χ1v) is 12.3. The molecule has 0 unspecified atom stereocenters. The Hall–Kier alpha value is -6.04. The van der Waals surface area contributed by atoms with Gasteiger partial charge in [0.2, 0.25) is 0 Å². The number of hydrogen-bond acceptors (Lipinski definition) is 6. The van der Waals surface area contributed by atoms with Crippen LogP contribution in [0.2, 0.25) is 0 Å². The number of carbonyl (C=O) groups is 4. The summed E-state index contributed by atoms with van der Waals surface area (Å²) in [5.41, 5.74) is 11.9. The Morgan fingerprint density at radius 3 is 1.22 bits per heavy atom. The van der Waals surface area contributed by atoms with Gasteiger partial charge in [-0.2, -0.15) is 0 Å². The van der Waals surface area contributed by atoms with Crippen LogP contribution in [-0.2, 0) is 6.42 Å². The van der Waals surface area contributed by atoms with Crippen molar-refractivity contribution in [1.29, 1.82) is 0 Å². The van der Waals surface area contributed by atoms with Crippen LogP contribution < -0.4 is 32.3 Å². The van der Waals surface area contributed by atoms with Crippen molar-refractivity contribution < 1.29 is 29.4 Å². The number of nitrogens with one attached hydrogen (secondary N) is 6. The quantitative estimate of drug-likeness (QED) is 0.169. The number of carbonyl (C=O) groups excluding carboxylic acids is 4. The largest absolute Gasteiger partial charge is 0.507 e. The first-order valence-electron chi connectivity index (χ1n) is 12.3. The van der Waals surface area contributed by atoms with Crippen molar-refractivity contribution in [2.24, 2.45) is 0 Å². The third-order valence-electron chi connectivity index (χ3n) is 5.71. The summed E-state index contributed by atoms with van der Waals surface area (Å²) >= 11 is 0. The molecule has 0 aliphatic rings. The Kier molecular flexibility index (Phi) is 8.98. The summed E-state index contributed by atoms with van der Waals surface area (Å²) in [7, 11) is 0. The molecular weight excluding hydrogens is 528 g/mol. The number of hydrogen-bond donors (Lipinski definition) is 8. The van der Waals surface area contributed by atoms with Gasteiger partial charge in [0.1, 0.15) is 11.5 Å². The van der Waals surface area contributed by atoms with Gasteiger partial charge in [0.05, 0.1) is 11.1 Å². The van der Waals surface area contributed by atoms with Gasteiger partial charge >= 0.3 is 12.1 Å². The van der Waals surface area contributed by atoms with Gasteiger partial charge in [-0.1, -0.05) is 48.5 Å². The van der Waals surface area contributed by atoms with Gasteiger partial charge in [-0.15, -0.1) is 0 Å². The van der Waals surface area contributed by atoms with E-state index in [0.717, 1.165) is 11.1 Å². The molecule has 0 aliphatic heterocycles. The predicted molar refractivity (Wildman–Crippen MR) is 151 cm³/mol. The molecule has 0 saturated carbocycles. The van der Waals surface area contributed by atoms with Crippen LogP contribution in [0.4, 0.5) is 21.0 Å². The zero-order chi connectivity index (χ0) is 29.2. The molecule has 6 amide bonds. The highest BCUT2D eigenvalue weighted by Crippen LogP contribution is 2.17. The van der Waals surface area contributed by atoms with Crippen LogP contribution in [0.1, 0.15) is 31.8 Å². The van der Waals surface area contributed by atoms with Crippen molar-refractivity contribution in [2.75, 3.05) is 10.6 Å². The van der Waals surface area contributed by atoms with E-state index in [-0.39, 0.29) is 22.6 Å². The van der Waals surface area contributed by atoms with Gasteiger partial charge in [0.15, 0.2) is 0 Å². The van der Waals surface area contributed by atoms with Gasteiger partial charge in [0.25, 0.3) is 11.8 Å². The van der Waals surface area contributed by atoms with Gasteiger partial charge in [-0.3, -0.25) is 20.4 Å². The second kappa shape index (κ2) is 13.2. The molecule has 41 heavy (non-hydrogen) atoms. The number of hydrazine groups is 2. The van der Waals surface area contributed by atoms with E-state index in [1.807, 2.05) is 24.3 Å². The zero-order valence-electron chi connectivity index (χ0n) is 21.5. The minimum absolute atomic E-state index is 0.0264. The van der Waals surface area contributed by atoms with E-state index in [1.165, 1.54) is 24.3 Å². The third kappa shape index (κ3) is 7.97. The average molecular weight is 555 g/mol. The van der Waals surface area contributed by atoms with Crippen molar-refractivity contribution in [3.8, 4) is 11.5 Å². The fourth-order valence-electron chi connectivity index (χ4n) is 3.67. The number of anilines is 2. The molecular formula is C29H26N6O6. The summed E-state index contributed by atoms with van der Waals surface area (Å²) in [5, 5.41) is 24.6. The summed E-state index contributed by atoms with van der Waals surface area (Å²) in [6.45, 7) is 0. The molecule has 0 aromatic heterocycles. The fourth-order valence-corrected chi connectivity index (χ4v) is 3.67. The van der Waals surface area contributed by atoms with Crippen LogP contribution in [0.5, 0.6) is 11.5 Å². The van der Waals surface area contributed by atoms with E-state index >= 15 is 0 Å². The standard InChI is InChI=1S/C29H26N6O6/c36-24-7-3-1-5-22(24)26(38)32-34-28(40)30-20-13-9-18(10-14-20)17-19-11-15-21(16-12-19)31-29(41)35-33-27(39)23-6-2-4-8-25(23)37/h1-16,36-37H,17H2,(H,32,38)(H,33,39)(H2,30,34,40)(H2,31,35,41). The number of urea groups is 2. The van der Waals surface area contributed by atoms with E-state index in [1.54, 1.807) is 48.5 Å². The molecule has 0 fully saturated rings. The van der Waals surface area contributed by atoms with Crippen LogP contribution in [0.3, 0.4) is 0 Å². The van der Waals surface area contributed by atoms with Crippen molar-refractivity contribution in [3.63, 3.8) is 0 Å². The second-order valence-electron chi connectivity index (χ2n) is 8.67. The summed E-state index contributed by atoms with van der Waals surface area (Å²) in [5.74, 6) is -1.73. The lowest BCUT2D eigenvalue weighted by Gasteiger charge is -2.11. The van der Waals surface area contributed by atoms with Crippen molar-refractivity contribution in [3.05, 3.63) is 119 Å². The van der Waals surface area contributed by atoms with Crippen LogP contribution in [0.15, 0.2) is 97.1 Å². The molecule has 12 nitrogen and oxygen atoms in total. The number of rotatable bonds is 6. The number of amides is 6. The normalized spacial score (nSPS) is 10.1. The molecule has 0 atom stereocenters. The molecule has 8 N–H and O–H groups in total. The Bertz CT molecular complexity index is 1440. The monoisotopic (exact) mass is 554 g/mol. The molecule has 4 rings (SSSR count). The minimum atomic E-state index is -0.661. The van der Waals surface area contributed by atoms with Crippen molar-refractivity contribution in [1.82, 2.24) is 21.7 Å². The van der Waals surface area contributed by atoms with Gasteiger partial charge in [-0.05, 0) is 66.1 Å². The first kappa shape index (κ1) is 28.0. The van der Waals surface area contributed by atoms with Crippen LogP contribution in [-0.4, -0.2) is 34.1 Å². The Labute approximate surface area is 234 Å². The third-order valence-corrected chi connectivity index (χ3v) is 5.71. The number of para-hydroxylation sites is 2. The minimum Gasteiger partial charge on any atom is -0.507 e. The van der Waals surface area contributed by atoms with Crippen LogP contribution in [0.25, 0.3) is 0 Å². The number of phenols is 2. The van der Waals surface area contributed by atoms with E-state index in [0.29, 0.717) is 17.8 Å². The van der Waals surface area contributed by atoms with Gasteiger partial charge in [-0.25, -0.2) is 20.4 Å². The lowest BCUT2D eigenvalue weighted by molar-refractivity contribution is 0.0928. The molecule has 4 aromatic carbocycles. The highest BCUT2D eigenvalue weighted by Gasteiger charge is 2.12. The van der Waals surface area contributed by atoms with Crippen molar-refractivity contribution >= 4 is 35.3 Å². The smallest absolute Gasteiger partial charge is 0.337 e. The molecule has 4 aromatic rings. The maximum atomic E-state index is 12.1. The molecule has 0 saturated heterocycles. The molecule has 0 radical (unpaired) electrons. The molecule has 0 spiro atoms. The topological polar surface area (TPSA) is 181 Å². The maximum Gasteiger partial charge on any atom is 0.337 e. The van der Waals surface area contributed by atoms with Gasteiger partial charge in [0, 0.05) is 11.4 Å². The Morgan fingerprint density at radius 2 is 0.854 bits per heavy atom. The number of benzene rings is 4. The van der Waals surface area contributed by atoms with Crippen LogP contribution >= 0.6 is 0 Å². The molecule has 0 bridgehead atoms. The summed E-state index contributed by atoms with van der Waals surface area (Å²) in [6.07, 6.45) is 0.589. The summed E-state index contributed by atoms with van der Waals surface area (Å²) < 4.78 is 0. The fraction of sp³-hybridized carbons (Fsp3) is 0.0345. The Morgan fingerprint density at radius 1 is 0.488 bits per heavy atom. The molecule has 208 valence electrons. The highest BCUT2D eigenvalue weighted by molar-refractivity contribution is 5.99. The summed E-state index contributed by atoms with van der Waals surface area (Å²) in [6, 6.07) is 24.8. The van der Waals surface area contributed by atoms with Gasteiger partial charge < -0.3 is 20.8 Å². The maximum absolute atomic E-state index is 12.1. The zero-order valence-corrected chi connectivity index (χ0v) is 21.5. The molecule has 0 aliphatic carbocycles. The predicted octanol–water partition coefficient (Wildman–Crippen LogP) is 3.62. The second-order valence-corrected chi connectivity index (χ2v) is 8.67. The molecule has 0 heterocycles. The van der Waals surface area contributed by atoms with Crippen molar-refractivity contribution in [2.45, 2.75) is 6.42 Å². The Balaban J connectivity index is 1.21. The highest BCUT2D eigenvalue weighted by atomic mass is 16.3. The number of phenolic OH excluding ortho intramolecular Hbond substituents is 2.